The summed E-state index contributed by atoms with van der Waals surface area (Å²) >= 11 is 0. The molecule has 0 saturated heterocycles. The topological polar surface area (TPSA) is 105 Å². The molecule has 2 aromatic rings. The molecule has 0 heterocycles. The number of rotatable bonds is 9. The fraction of sp³-hybridized carbons (Fsp3) is 0.278. The summed E-state index contributed by atoms with van der Waals surface area (Å²) in [6.07, 6.45) is 0. The number of ether oxygens (including phenoxy) is 1. The summed E-state index contributed by atoms with van der Waals surface area (Å²) < 4.78 is 32.2. The molecule has 0 spiro atoms. The lowest BCUT2D eigenvalue weighted by Crippen LogP contribution is -2.35. The van der Waals surface area contributed by atoms with E-state index in [1.807, 2.05) is 30.3 Å². The second kappa shape index (κ2) is 8.79. The van der Waals surface area contributed by atoms with E-state index in [9.17, 15) is 18.3 Å². The molecule has 0 aromatic heterocycles. The normalized spacial score (nSPS) is 12.5. The van der Waals surface area contributed by atoms with E-state index in [0.29, 0.717) is 12.2 Å². The molecule has 2 rings (SSSR count). The van der Waals surface area contributed by atoms with E-state index in [-0.39, 0.29) is 17.1 Å². The highest BCUT2D eigenvalue weighted by Crippen LogP contribution is 2.21. The molecule has 0 radical (unpaired) electrons. The minimum atomic E-state index is -3.84. The van der Waals surface area contributed by atoms with Crippen molar-refractivity contribution in [1.82, 2.24) is 4.72 Å². The van der Waals surface area contributed by atoms with Crippen LogP contribution in [0.15, 0.2) is 53.4 Å². The van der Waals surface area contributed by atoms with Gasteiger partial charge in [0.25, 0.3) is 0 Å². The van der Waals surface area contributed by atoms with Crippen LogP contribution >= 0.6 is 0 Å². The standard InChI is InChI=1S/C18H22N2O5S/c1-13(12-25-2)20-26(23,24)15-8-9-17(16(10-15)18(21)22)19-11-14-6-4-3-5-7-14/h3-10,13,19-20H,11-12H2,1-2H3,(H,21,22)/t13-/m1/s1. The van der Waals surface area contributed by atoms with E-state index < -0.39 is 22.0 Å². The molecule has 0 saturated carbocycles. The predicted octanol–water partition coefficient (Wildman–Crippen LogP) is 2.31. The second-order valence-corrected chi connectivity index (χ2v) is 7.54. The third-order valence-electron chi connectivity index (χ3n) is 3.63. The maximum atomic E-state index is 12.4. The van der Waals surface area contributed by atoms with Crippen molar-refractivity contribution in [3.8, 4) is 0 Å². The first-order valence-electron chi connectivity index (χ1n) is 8.00. The van der Waals surface area contributed by atoms with Crippen LogP contribution in [0, 0.1) is 0 Å². The number of hydrogen-bond acceptors (Lipinski definition) is 5. The molecule has 3 N–H and O–H groups in total. The highest BCUT2D eigenvalue weighted by Gasteiger charge is 2.21. The van der Waals surface area contributed by atoms with E-state index in [1.54, 1.807) is 6.92 Å². The van der Waals surface area contributed by atoms with Crippen LogP contribution < -0.4 is 10.0 Å². The summed E-state index contributed by atoms with van der Waals surface area (Å²) in [6, 6.07) is 13.0. The highest BCUT2D eigenvalue weighted by atomic mass is 32.2. The molecule has 0 aliphatic carbocycles. The summed E-state index contributed by atoms with van der Waals surface area (Å²) in [4.78, 5) is 11.5. The van der Waals surface area contributed by atoms with Gasteiger partial charge < -0.3 is 15.2 Å². The van der Waals surface area contributed by atoms with Crippen LogP contribution in [-0.2, 0) is 21.3 Å². The van der Waals surface area contributed by atoms with Gasteiger partial charge in [0.2, 0.25) is 10.0 Å². The summed E-state index contributed by atoms with van der Waals surface area (Å²) in [5.74, 6) is -1.21. The first-order valence-corrected chi connectivity index (χ1v) is 9.48. The molecule has 2 aromatic carbocycles. The molecular weight excluding hydrogens is 356 g/mol. The zero-order valence-corrected chi connectivity index (χ0v) is 15.4. The number of carboxylic acid groups (broad SMARTS) is 1. The third kappa shape index (κ3) is 5.29. The summed E-state index contributed by atoms with van der Waals surface area (Å²) in [5, 5.41) is 12.5. The average molecular weight is 378 g/mol. The molecule has 0 unspecified atom stereocenters. The van der Waals surface area contributed by atoms with Gasteiger partial charge in [0.1, 0.15) is 0 Å². The number of sulfonamides is 1. The Morgan fingerprint density at radius 3 is 2.50 bits per heavy atom. The molecule has 7 nitrogen and oxygen atoms in total. The Morgan fingerprint density at radius 1 is 1.19 bits per heavy atom. The molecular formula is C18H22N2O5S. The Morgan fingerprint density at radius 2 is 1.88 bits per heavy atom. The Kier molecular flexibility index (Phi) is 6.73. The Bertz CT molecular complexity index is 853. The molecule has 0 aliphatic heterocycles. The van der Waals surface area contributed by atoms with E-state index in [2.05, 4.69) is 10.0 Å². The fourth-order valence-electron chi connectivity index (χ4n) is 2.43. The first kappa shape index (κ1) is 19.9. The average Bonchev–Trinajstić information content (AvgIpc) is 2.60. The van der Waals surface area contributed by atoms with Crippen LogP contribution in [0.2, 0.25) is 0 Å². The number of anilines is 1. The van der Waals surface area contributed by atoms with Crippen molar-refractivity contribution in [3.05, 3.63) is 59.7 Å². The SMILES string of the molecule is COC[C@@H](C)NS(=O)(=O)c1ccc(NCc2ccccc2)c(C(=O)O)c1. The molecule has 0 amide bonds. The van der Waals surface area contributed by atoms with Crippen LogP contribution in [0.1, 0.15) is 22.8 Å². The van der Waals surface area contributed by atoms with Crippen molar-refractivity contribution in [2.75, 3.05) is 19.0 Å². The smallest absolute Gasteiger partial charge is 0.337 e. The minimum Gasteiger partial charge on any atom is -0.478 e. The molecule has 0 aliphatic rings. The zero-order valence-electron chi connectivity index (χ0n) is 14.6. The Balaban J connectivity index is 2.24. The van der Waals surface area contributed by atoms with Gasteiger partial charge in [-0.3, -0.25) is 0 Å². The molecule has 0 bridgehead atoms. The van der Waals surface area contributed by atoms with Gasteiger partial charge in [-0.1, -0.05) is 30.3 Å². The number of aromatic carboxylic acids is 1. The van der Waals surface area contributed by atoms with Gasteiger partial charge in [0, 0.05) is 25.4 Å². The van der Waals surface area contributed by atoms with Gasteiger partial charge in [-0.25, -0.2) is 17.9 Å². The number of nitrogens with one attached hydrogen (secondary N) is 2. The fourth-order valence-corrected chi connectivity index (χ4v) is 3.69. The Hall–Kier alpha value is -2.42. The molecule has 1 atom stereocenters. The zero-order chi connectivity index (χ0) is 19.2. The Labute approximate surface area is 153 Å². The van der Waals surface area contributed by atoms with Crippen molar-refractivity contribution in [2.24, 2.45) is 0 Å². The van der Waals surface area contributed by atoms with E-state index >= 15 is 0 Å². The number of carboxylic acids is 1. The van der Waals surface area contributed by atoms with Gasteiger partial charge >= 0.3 is 5.97 Å². The van der Waals surface area contributed by atoms with Crippen molar-refractivity contribution in [2.45, 2.75) is 24.4 Å². The lowest BCUT2D eigenvalue weighted by atomic mass is 10.1. The molecule has 0 fully saturated rings. The molecule has 140 valence electrons. The monoisotopic (exact) mass is 378 g/mol. The van der Waals surface area contributed by atoms with E-state index in [1.165, 1.54) is 19.2 Å². The summed E-state index contributed by atoms with van der Waals surface area (Å²) in [5.41, 5.74) is 1.23. The molecule has 26 heavy (non-hydrogen) atoms. The van der Waals surface area contributed by atoms with Crippen LogP contribution in [0.3, 0.4) is 0 Å². The van der Waals surface area contributed by atoms with Crippen molar-refractivity contribution >= 4 is 21.7 Å². The van der Waals surface area contributed by atoms with Gasteiger partial charge in [0.05, 0.1) is 17.1 Å². The maximum absolute atomic E-state index is 12.4. The van der Waals surface area contributed by atoms with Crippen molar-refractivity contribution < 1.29 is 23.1 Å². The van der Waals surface area contributed by atoms with Crippen molar-refractivity contribution in [3.63, 3.8) is 0 Å². The minimum absolute atomic E-state index is 0.108. The lowest BCUT2D eigenvalue weighted by molar-refractivity contribution is 0.0697. The quantitative estimate of drug-likeness (QED) is 0.618. The van der Waals surface area contributed by atoms with Gasteiger partial charge in [-0.05, 0) is 30.7 Å². The maximum Gasteiger partial charge on any atom is 0.337 e. The largest absolute Gasteiger partial charge is 0.478 e. The van der Waals surface area contributed by atoms with Gasteiger partial charge in [0.15, 0.2) is 0 Å². The lowest BCUT2D eigenvalue weighted by Gasteiger charge is -2.15. The van der Waals surface area contributed by atoms with E-state index in [4.69, 9.17) is 4.74 Å². The second-order valence-electron chi connectivity index (χ2n) is 5.83. The van der Waals surface area contributed by atoms with Crippen LogP contribution in [0.25, 0.3) is 0 Å². The first-order chi connectivity index (χ1) is 12.3. The third-order valence-corrected chi connectivity index (χ3v) is 5.22. The van der Waals surface area contributed by atoms with Crippen LogP contribution in [-0.4, -0.2) is 39.3 Å². The number of benzene rings is 2. The number of hydrogen-bond donors (Lipinski definition) is 3. The van der Waals surface area contributed by atoms with Gasteiger partial charge in [-0.15, -0.1) is 0 Å². The highest BCUT2D eigenvalue weighted by molar-refractivity contribution is 7.89. The summed E-state index contributed by atoms with van der Waals surface area (Å²) in [7, 11) is -2.37. The summed E-state index contributed by atoms with van der Waals surface area (Å²) in [6.45, 7) is 2.30. The van der Waals surface area contributed by atoms with Gasteiger partial charge in [-0.2, -0.15) is 0 Å². The van der Waals surface area contributed by atoms with Crippen LogP contribution in [0.4, 0.5) is 5.69 Å². The molecule has 8 heteroatoms. The number of methoxy groups -OCH3 is 1. The van der Waals surface area contributed by atoms with Crippen molar-refractivity contribution in [1.29, 1.82) is 0 Å². The van der Waals surface area contributed by atoms with Crippen LogP contribution in [0.5, 0.6) is 0 Å². The predicted molar refractivity (Wildman–Crippen MR) is 98.8 cm³/mol. The van der Waals surface area contributed by atoms with E-state index in [0.717, 1.165) is 11.6 Å². The number of carbonyl (C=O) groups is 1.